The summed E-state index contributed by atoms with van der Waals surface area (Å²) >= 11 is 7.92. The van der Waals surface area contributed by atoms with Gasteiger partial charge in [-0.25, -0.2) is 13.1 Å². The van der Waals surface area contributed by atoms with Gasteiger partial charge >= 0.3 is 0 Å². The molecule has 0 aliphatic carbocycles. The normalized spacial score (nSPS) is 12.7. The van der Waals surface area contributed by atoms with E-state index in [-0.39, 0.29) is 10.9 Å². The molecule has 0 fully saturated rings. The molecule has 6 nitrogen and oxygen atoms in total. The Morgan fingerprint density at radius 3 is 2.61 bits per heavy atom. The van der Waals surface area contributed by atoms with E-state index < -0.39 is 21.0 Å². The Morgan fingerprint density at radius 1 is 1.25 bits per heavy atom. The zero-order valence-corrected chi connectivity index (χ0v) is 17.8. The molecule has 1 atom stereocenters. The van der Waals surface area contributed by atoms with Crippen LogP contribution >= 0.6 is 22.9 Å². The van der Waals surface area contributed by atoms with Crippen LogP contribution in [0.15, 0.2) is 47.8 Å². The van der Waals surface area contributed by atoms with Gasteiger partial charge in [0.05, 0.1) is 23.7 Å². The van der Waals surface area contributed by atoms with Crippen molar-refractivity contribution >= 4 is 38.7 Å². The molecule has 0 radical (unpaired) electrons. The van der Waals surface area contributed by atoms with Crippen LogP contribution in [-0.4, -0.2) is 29.4 Å². The van der Waals surface area contributed by atoms with E-state index in [4.69, 9.17) is 11.6 Å². The molecule has 0 saturated heterocycles. The first kappa shape index (κ1) is 20.6. The summed E-state index contributed by atoms with van der Waals surface area (Å²) in [5, 5.41) is 7.98. The zero-order valence-electron chi connectivity index (χ0n) is 15.4. The monoisotopic (exact) mass is 437 g/mol. The molecule has 0 spiro atoms. The Bertz CT molecular complexity index is 1060. The van der Waals surface area contributed by atoms with Crippen LogP contribution in [0.5, 0.6) is 0 Å². The van der Waals surface area contributed by atoms with Crippen molar-refractivity contribution in [3.8, 4) is 5.69 Å². The SMILES string of the molecule is Cc1nn(-c2ccccc2)c(Cl)c1CS(=O)(=O)C(C)C(=O)NCc1cccs1. The molecular weight excluding hydrogens is 418 g/mol. The van der Waals surface area contributed by atoms with E-state index in [1.807, 2.05) is 47.8 Å². The summed E-state index contributed by atoms with van der Waals surface area (Å²) in [4.78, 5) is 13.3. The van der Waals surface area contributed by atoms with Crippen molar-refractivity contribution in [1.82, 2.24) is 15.1 Å². The number of thiophene rings is 1. The van der Waals surface area contributed by atoms with Crippen molar-refractivity contribution in [1.29, 1.82) is 0 Å². The second-order valence-corrected chi connectivity index (χ2v) is 10.1. The number of carbonyl (C=O) groups is 1. The van der Waals surface area contributed by atoms with Crippen LogP contribution in [0.1, 0.15) is 23.1 Å². The third kappa shape index (κ3) is 4.45. The third-order valence-corrected chi connectivity index (χ3v) is 7.64. The number of aromatic nitrogens is 2. The number of sulfone groups is 1. The van der Waals surface area contributed by atoms with Gasteiger partial charge in [0.25, 0.3) is 0 Å². The summed E-state index contributed by atoms with van der Waals surface area (Å²) in [6.45, 7) is 3.41. The number of rotatable bonds is 7. The second kappa shape index (κ2) is 8.46. The Balaban J connectivity index is 1.76. The van der Waals surface area contributed by atoms with Crippen molar-refractivity contribution < 1.29 is 13.2 Å². The lowest BCUT2D eigenvalue weighted by molar-refractivity contribution is -0.120. The maximum Gasteiger partial charge on any atom is 0.238 e. The highest BCUT2D eigenvalue weighted by molar-refractivity contribution is 7.92. The van der Waals surface area contributed by atoms with Crippen molar-refractivity contribution in [2.24, 2.45) is 0 Å². The lowest BCUT2D eigenvalue weighted by Crippen LogP contribution is -2.38. The largest absolute Gasteiger partial charge is 0.350 e. The van der Waals surface area contributed by atoms with Crippen LogP contribution in [-0.2, 0) is 26.9 Å². The van der Waals surface area contributed by atoms with Crippen molar-refractivity contribution in [3.63, 3.8) is 0 Å². The summed E-state index contributed by atoms with van der Waals surface area (Å²) in [7, 11) is -3.76. The van der Waals surface area contributed by atoms with Crippen LogP contribution in [0.25, 0.3) is 5.69 Å². The number of hydrogen-bond donors (Lipinski definition) is 1. The number of nitrogens with zero attached hydrogens (tertiary/aromatic N) is 2. The maximum absolute atomic E-state index is 12.8. The van der Waals surface area contributed by atoms with E-state index in [9.17, 15) is 13.2 Å². The van der Waals surface area contributed by atoms with Gasteiger partial charge in [-0.05, 0) is 37.4 Å². The van der Waals surface area contributed by atoms with Crippen LogP contribution in [0, 0.1) is 6.92 Å². The fourth-order valence-corrected chi connectivity index (χ4v) is 5.13. The summed E-state index contributed by atoms with van der Waals surface area (Å²) in [6, 6.07) is 13.0. The maximum atomic E-state index is 12.8. The quantitative estimate of drug-likeness (QED) is 0.613. The van der Waals surface area contributed by atoms with Crippen LogP contribution in [0.3, 0.4) is 0 Å². The average Bonchev–Trinajstić information content (AvgIpc) is 3.30. The molecule has 0 aliphatic rings. The van der Waals surface area contributed by atoms with Crippen LogP contribution < -0.4 is 5.32 Å². The number of halogens is 1. The number of nitrogens with one attached hydrogen (secondary N) is 1. The van der Waals surface area contributed by atoms with Crippen molar-refractivity contribution in [2.45, 2.75) is 31.4 Å². The summed E-state index contributed by atoms with van der Waals surface area (Å²) in [6.07, 6.45) is 0. The Morgan fingerprint density at radius 2 is 1.96 bits per heavy atom. The highest BCUT2D eigenvalue weighted by Crippen LogP contribution is 2.26. The number of hydrogen-bond acceptors (Lipinski definition) is 5. The topological polar surface area (TPSA) is 81.1 Å². The number of aryl methyl sites for hydroxylation is 1. The predicted octanol–water partition coefficient (Wildman–Crippen LogP) is 3.52. The predicted molar refractivity (Wildman–Crippen MR) is 112 cm³/mol. The summed E-state index contributed by atoms with van der Waals surface area (Å²) < 4.78 is 27.1. The Kier molecular flexibility index (Phi) is 6.22. The molecule has 0 saturated carbocycles. The fraction of sp³-hybridized carbons (Fsp3) is 0.263. The molecule has 0 aliphatic heterocycles. The van der Waals surface area contributed by atoms with Gasteiger partial charge in [-0.1, -0.05) is 35.9 Å². The molecule has 3 aromatic rings. The first-order valence-corrected chi connectivity index (χ1v) is 11.6. The van der Waals surface area contributed by atoms with Crippen molar-refractivity contribution in [3.05, 3.63) is 69.1 Å². The first-order valence-electron chi connectivity index (χ1n) is 8.60. The third-order valence-electron chi connectivity index (χ3n) is 4.39. The zero-order chi connectivity index (χ0) is 20.3. The van der Waals surface area contributed by atoms with Crippen LogP contribution in [0.2, 0.25) is 5.15 Å². The molecule has 3 rings (SSSR count). The van der Waals surface area contributed by atoms with Crippen molar-refractivity contribution in [2.75, 3.05) is 0 Å². The first-order chi connectivity index (χ1) is 13.3. The molecule has 2 aromatic heterocycles. The molecule has 2 heterocycles. The molecule has 9 heteroatoms. The van der Waals surface area contributed by atoms with Gasteiger partial charge in [-0.3, -0.25) is 4.79 Å². The van der Waals surface area contributed by atoms with Crippen LogP contribution in [0.4, 0.5) is 0 Å². The molecule has 1 aromatic carbocycles. The van der Waals surface area contributed by atoms with Gasteiger partial charge < -0.3 is 5.32 Å². The van der Waals surface area contributed by atoms with Gasteiger partial charge in [-0.2, -0.15) is 5.10 Å². The summed E-state index contributed by atoms with van der Waals surface area (Å²) in [5.41, 5.74) is 1.66. The highest BCUT2D eigenvalue weighted by atomic mass is 35.5. The van der Waals surface area contributed by atoms with Gasteiger partial charge in [0, 0.05) is 10.4 Å². The highest BCUT2D eigenvalue weighted by Gasteiger charge is 2.30. The number of carbonyl (C=O) groups excluding carboxylic acids is 1. The molecule has 1 amide bonds. The minimum atomic E-state index is -3.76. The van der Waals surface area contributed by atoms with Gasteiger partial charge in [0.1, 0.15) is 10.4 Å². The smallest absolute Gasteiger partial charge is 0.238 e. The molecule has 0 bridgehead atoms. The van der Waals surface area contributed by atoms with E-state index >= 15 is 0 Å². The van der Waals surface area contributed by atoms with E-state index in [2.05, 4.69) is 10.4 Å². The Hall–Kier alpha value is -2.16. The van der Waals surface area contributed by atoms with Gasteiger partial charge in [-0.15, -0.1) is 11.3 Å². The fourth-order valence-electron chi connectivity index (χ4n) is 2.66. The second-order valence-electron chi connectivity index (χ2n) is 6.35. The minimum Gasteiger partial charge on any atom is -0.350 e. The van der Waals surface area contributed by atoms with Gasteiger partial charge in [0.15, 0.2) is 9.84 Å². The lowest BCUT2D eigenvalue weighted by Gasteiger charge is -2.13. The van der Waals surface area contributed by atoms with Gasteiger partial charge in [0.2, 0.25) is 5.91 Å². The van der Waals surface area contributed by atoms with E-state index in [1.165, 1.54) is 22.9 Å². The number of para-hydroxylation sites is 1. The molecular formula is C19H20ClN3O3S2. The van der Waals surface area contributed by atoms with E-state index in [1.54, 1.807) is 6.92 Å². The standard InChI is InChI=1S/C19H20ClN3O3S2/c1-13-17(18(20)23(22-13)15-7-4-3-5-8-15)12-28(25,26)14(2)19(24)21-11-16-9-6-10-27-16/h3-10,14H,11-12H2,1-2H3,(H,21,24). The minimum absolute atomic E-state index is 0.235. The molecule has 28 heavy (non-hydrogen) atoms. The number of benzene rings is 1. The lowest BCUT2D eigenvalue weighted by atomic mass is 10.3. The summed E-state index contributed by atoms with van der Waals surface area (Å²) in [5.74, 6) is -0.879. The Labute approximate surface area is 173 Å². The van der Waals surface area contributed by atoms with E-state index in [0.717, 1.165) is 10.6 Å². The number of amides is 1. The molecule has 1 N–H and O–H groups in total. The molecule has 148 valence electrons. The van der Waals surface area contributed by atoms with E-state index in [0.29, 0.717) is 17.8 Å². The molecule has 1 unspecified atom stereocenters. The average molecular weight is 438 g/mol.